The second-order valence-corrected chi connectivity index (χ2v) is 11.6. The van der Waals surface area contributed by atoms with E-state index in [0.29, 0.717) is 15.5 Å². The van der Waals surface area contributed by atoms with E-state index in [0.717, 1.165) is 16.9 Å². The molecule has 5 nitrogen and oxygen atoms in total. The zero-order valence-electron chi connectivity index (χ0n) is 17.0. The minimum absolute atomic E-state index is 0.00400. The third-order valence-corrected chi connectivity index (χ3v) is 8.35. The normalized spacial score (nSPS) is 12.0. The maximum atomic E-state index is 13.5. The van der Waals surface area contributed by atoms with Gasteiger partial charge in [0.25, 0.3) is 0 Å². The molecule has 8 heteroatoms. The highest BCUT2D eigenvalue weighted by molar-refractivity contribution is 8.01. The predicted molar refractivity (Wildman–Crippen MR) is 121 cm³/mol. The van der Waals surface area contributed by atoms with Crippen molar-refractivity contribution >= 4 is 38.9 Å². The fourth-order valence-electron chi connectivity index (χ4n) is 2.86. The van der Waals surface area contributed by atoms with Crippen LogP contribution in [0.4, 0.5) is 0 Å². The molecule has 3 aromatic rings. The van der Waals surface area contributed by atoms with E-state index in [-0.39, 0.29) is 14.7 Å². The first-order valence-corrected chi connectivity index (χ1v) is 12.6. The lowest BCUT2D eigenvalue weighted by Gasteiger charge is -2.22. The van der Waals surface area contributed by atoms with Gasteiger partial charge in [-0.25, -0.2) is 13.2 Å². The molecule has 1 N–H and O–H groups in total. The molecule has 1 aromatic heterocycles. The highest BCUT2D eigenvalue weighted by Gasteiger charge is 2.27. The Kier molecular flexibility index (Phi) is 6.31. The largest absolute Gasteiger partial charge is 0.488 e. The molecule has 3 rings (SSSR count). The molecule has 0 unspecified atom stereocenters. The van der Waals surface area contributed by atoms with Gasteiger partial charge in [-0.15, -0.1) is 23.1 Å². The van der Waals surface area contributed by atoms with Gasteiger partial charge in [-0.3, -0.25) is 0 Å². The van der Waals surface area contributed by atoms with E-state index < -0.39 is 21.4 Å². The monoisotopic (exact) mass is 462 g/mol. The minimum atomic E-state index is -3.96. The summed E-state index contributed by atoms with van der Waals surface area (Å²) in [5.41, 5.74) is 1.05. The lowest BCUT2D eigenvalue weighted by atomic mass is 10.1. The first-order valence-electron chi connectivity index (χ1n) is 9.07. The molecule has 0 saturated carbocycles. The number of aromatic carboxylic acids is 1. The molecule has 0 aliphatic carbocycles. The van der Waals surface area contributed by atoms with Gasteiger partial charge in [0, 0.05) is 0 Å². The molecule has 1 heterocycles. The Morgan fingerprint density at radius 2 is 1.70 bits per heavy atom. The van der Waals surface area contributed by atoms with Gasteiger partial charge in [0.2, 0.25) is 9.84 Å². The summed E-state index contributed by atoms with van der Waals surface area (Å²) in [4.78, 5) is 11.4. The molecular formula is C22H22O5S3. The van der Waals surface area contributed by atoms with Crippen molar-refractivity contribution in [2.75, 3.05) is 6.26 Å². The van der Waals surface area contributed by atoms with Crippen LogP contribution >= 0.6 is 23.1 Å². The van der Waals surface area contributed by atoms with E-state index in [4.69, 9.17) is 4.74 Å². The van der Waals surface area contributed by atoms with Crippen LogP contribution in [0.3, 0.4) is 0 Å². The number of ether oxygens (including phenoxy) is 1. The molecule has 0 amide bonds. The van der Waals surface area contributed by atoms with Crippen molar-refractivity contribution in [1.82, 2.24) is 0 Å². The molecule has 0 fully saturated rings. The van der Waals surface area contributed by atoms with Crippen LogP contribution in [0.2, 0.25) is 0 Å². The Balaban J connectivity index is 2.21. The van der Waals surface area contributed by atoms with Crippen LogP contribution in [0.1, 0.15) is 30.4 Å². The van der Waals surface area contributed by atoms with E-state index in [2.05, 4.69) is 0 Å². The zero-order chi connectivity index (χ0) is 22.1. The van der Waals surface area contributed by atoms with E-state index >= 15 is 0 Å². The molecule has 0 aliphatic heterocycles. The SMILES string of the molecule is CSc1sc(C(=O)O)cc1S(=O)(=O)c1cc(OC(C)(C)C)cc(-c2ccccc2)c1. The van der Waals surface area contributed by atoms with Crippen molar-refractivity contribution in [3.63, 3.8) is 0 Å². The van der Waals surface area contributed by atoms with Crippen LogP contribution < -0.4 is 4.74 Å². The number of hydrogen-bond donors (Lipinski definition) is 1. The summed E-state index contributed by atoms with van der Waals surface area (Å²) < 4.78 is 33.4. The van der Waals surface area contributed by atoms with Crippen LogP contribution in [-0.2, 0) is 9.84 Å². The van der Waals surface area contributed by atoms with Crippen molar-refractivity contribution in [2.45, 2.75) is 40.4 Å². The second kappa shape index (κ2) is 8.45. The van der Waals surface area contributed by atoms with Crippen LogP contribution in [0.25, 0.3) is 11.1 Å². The Morgan fingerprint density at radius 3 is 2.27 bits per heavy atom. The number of thiophene rings is 1. The number of carboxylic acid groups (broad SMARTS) is 1. The molecule has 0 bridgehead atoms. The summed E-state index contributed by atoms with van der Waals surface area (Å²) in [7, 11) is -3.96. The van der Waals surface area contributed by atoms with Crippen molar-refractivity contribution in [3.8, 4) is 16.9 Å². The number of rotatable bonds is 6. The van der Waals surface area contributed by atoms with Gasteiger partial charge in [0.05, 0.1) is 14.0 Å². The first-order chi connectivity index (χ1) is 14.0. The van der Waals surface area contributed by atoms with Crippen molar-refractivity contribution in [2.24, 2.45) is 0 Å². The van der Waals surface area contributed by atoms with E-state index in [1.807, 2.05) is 57.2 Å². The van der Waals surface area contributed by atoms with Gasteiger partial charge in [0.1, 0.15) is 16.2 Å². The number of carbonyl (C=O) groups is 1. The first kappa shape index (κ1) is 22.4. The number of hydrogen-bond acceptors (Lipinski definition) is 6. The molecule has 0 aliphatic rings. The summed E-state index contributed by atoms with van der Waals surface area (Å²) in [5.74, 6) is -0.714. The number of sulfone groups is 1. The number of carboxylic acids is 1. The lowest BCUT2D eigenvalue weighted by Crippen LogP contribution is -2.23. The lowest BCUT2D eigenvalue weighted by molar-refractivity contribution is 0.0702. The maximum absolute atomic E-state index is 13.5. The molecular weight excluding hydrogens is 440 g/mol. The van der Waals surface area contributed by atoms with E-state index in [1.165, 1.54) is 23.9 Å². The Morgan fingerprint density at radius 1 is 1.03 bits per heavy atom. The van der Waals surface area contributed by atoms with Crippen LogP contribution in [-0.4, -0.2) is 31.4 Å². The standard InChI is InChI=1S/C22H22O5S3/c1-22(2,3)27-16-10-15(14-8-6-5-7-9-14)11-17(12-16)30(25,26)19-13-18(20(23)24)29-21(19)28-4/h5-13H,1-4H3,(H,23,24). The van der Waals surface area contributed by atoms with Crippen LogP contribution in [0.15, 0.2) is 68.6 Å². The Bertz CT molecular complexity index is 1170. The fraction of sp³-hybridized carbons (Fsp3) is 0.227. The molecule has 2 aromatic carbocycles. The van der Waals surface area contributed by atoms with Gasteiger partial charge in [-0.2, -0.15) is 0 Å². The smallest absolute Gasteiger partial charge is 0.345 e. The summed E-state index contributed by atoms with van der Waals surface area (Å²) in [6.07, 6.45) is 1.73. The van der Waals surface area contributed by atoms with Gasteiger partial charge in [0.15, 0.2) is 0 Å². The van der Waals surface area contributed by atoms with Gasteiger partial charge in [-0.05, 0) is 62.4 Å². The van der Waals surface area contributed by atoms with Crippen molar-refractivity contribution < 1.29 is 23.1 Å². The Hall–Kier alpha value is -2.29. The topological polar surface area (TPSA) is 80.7 Å². The molecule has 0 atom stereocenters. The molecule has 0 radical (unpaired) electrons. The number of thioether (sulfide) groups is 1. The molecule has 0 saturated heterocycles. The van der Waals surface area contributed by atoms with Gasteiger partial charge in [-0.1, -0.05) is 30.3 Å². The number of benzene rings is 2. The van der Waals surface area contributed by atoms with Crippen LogP contribution in [0, 0.1) is 0 Å². The van der Waals surface area contributed by atoms with Gasteiger partial charge < -0.3 is 9.84 Å². The fourth-order valence-corrected chi connectivity index (χ4v) is 6.75. The summed E-state index contributed by atoms with van der Waals surface area (Å²) in [6, 6.07) is 15.6. The summed E-state index contributed by atoms with van der Waals surface area (Å²) in [6.45, 7) is 5.67. The third-order valence-electron chi connectivity index (χ3n) is 4.07. The minimum Gasteiger partial charge on any atom is -0.488 e. The highest BCUT2D eigenvalue weighted by atomic mass is 32.2. The van der Waals surface area contributed by atoms with E-state index in [1.54, 1.807) is 12.3 Å². The Labute approximate surface area is 184 Å². The van der Waals surface area contributed by atoms with E-state index in [9.17, 15) is 18.3 Å². The van der Waals surface area contributed by atoms with Crippen molar-refractivity contribution in [1.29, 1.82) is 0 Å². The summed E-state index contributed by atoms with van der Waals surface area (Å²) in [5, 5.41) is 9.31. The average Bonchev–Trinajstić information content (AvgIpc) is 3.13. The molecule has 158 valence electrons. The zero-order valence-corrected chi connectivity index (χ0v) is 19.5. The third kappa shape index (κ3) is 4.88. The van der Waals surface area contributed by atoms with Gasteiger partial charge >= 0.3 is 5.97 Å². The predicted octanol–water partition coefficient (Wildman–Crippen LogP) is 5.85. The second-order valence-electron chi connectivity index (χ2n) is 7.55. The quantitative estimate of drug-likeness (QED) is 0.463. The maximum Gasteiger partial charge on any atom is 0.345 e. The van der Waals surface area contributed by atoms with Crippen molar-refractivity contribution in [3.05, 3.63) is 59.5 Å². The average molecular weight is 463 g/mol. The highest BCUT2D eigenvalue weighted by Crippen LogP contribution is 2.39. The molecule has 30 heavy (non-hydrogen) atoms. The molecule has 0 spiro atoms. The summed E-state index contributed by atoms with van der Waals surface area (Å²) >= 11 is 2.17. The van der Waals surface area contributed by atoms with Crippen LogP contribution in [0.5, 0.6) is 5.75 Å².